The molecule has 0 aromatic carbocycles. The zero-order valence-corrected chi connectivity index (χ0v) is 43.2. The lowest BCUT2D eigenvalue weighted by Crippen LogP contribution is -2.30. The van der Waals surface area contributed by atoms with Crippen molar-refractivity contribution in [2.24, 2.45) is 0 Å². The molecule has 0 aliphatic rings. The van der Waals surface area contributed by atoms with E-state index in [0.717, 1.165) is 109 Å². The van der Waals surface area contributed by atoms with Crippen LogP contribution in [0.1, 0.15) is 239 Å². The maximum Gasteiger partial charge on any atom is 0.306 e. The normalized spacial score (nSPS) is 13.1. The summed E-state index contributed by atoms with van der Waals surface area (Å²) in [6.45, 7) is 7.46. The summed E-state index contributed by atoms with van der Waals surface area (Å²) in [7, 11) is 0. The first-order chi connectivity index (χ1) is 32.6. The van der Waals surface area contributed by atoms with Gasteiger partial charge in [0.1, 0.15) is 6.61 Å². The van der Waals surface area contributed by atoms with E-state index in [-0.39, 0.29) is 25.2 Å². The van der Waals surface area contributed by atoms with Crippen molar-refractivity contribution in [3.63, 3.8) is 0 Å². The summed E-state index contributed by atoms with van der Waals surface area (Å²) >= 11 is 0. The molecule has 66 heavy (non-hydrogen) atoms. The number of carbonyl (C=O) groups is 2. The van der Waals surface area contributed by atoms with Crippen molar-refractivity contribution >= 4 is 11.9 Å². The maximum absolute atomic E-state index is 12.8. The molecule has 376 valence electrons. The number of hydrogen-bond donors (Lipinski definition) is 0. The maximum atomic E-state index is 12.8. The second-order valence-electron chi connectivity index (χ2n) is 17.7. The van der Waals surface area contributed by atoms with Crippen molar-refractivity contribution < 1.29 is 23.8 Å². The second kappa shape index (κ2) is 55.9. The van der Waals surface area contributed by atoms with Crippen LogP contribution in [0.4, 0.5) is 0 Å². The van der Waals surface area contributed by atoms with Gasteiger partial charge in [-0.15, -0.1) is 0 Å². The minimum atomic E-state index is -0.586. The Balaban J connectivity index is 4.41. The van der Waals surface area contributed by atoms with E-state index in [0.29, 0.717) is 19.4 Å². The van der Waals surface area contributed by atoms with E-state index in [9.17, 15) is 9.59 Å². The Kier molecular flexibility index (Phi) is 53.0. The zero-order valence-electron chi connectivity index (χ0n) is 43.2. The predicted molar refractivity (Wildman–Crippen MR) is 288 cm³/mol. The molecule has 0 aliphatic heterocycles. The summed E-state index contributed by atoms with van der Waals surface area (Å²) in [5, 5.41) is 0. The third-order valence-corrected chi connectivity index (χ3v) is 11.3. The van der Waals surface area contributed by atoms with Crippen molar-refractivity contribution in [3.05, 3.63) is 109 Å². The molecule has 0 rings (SSSR count). The molecule has 0 heterocycles. The lowest BCUT2D eigenvalue weighted by molar-refractivity contribution is -0.163. The Morgan fingerprint density at radius 1 is 0.348 bits per heavy atom. The van der Waals surface area contributed by atoms with Gasteiger partial charge in [0.05, 0.1) is 6.61 Å². The van der Waals surface area contributed by atoms with Crippen LogP contribution in [0.5, 0.6) is 0 Å². The highest BCUT2D eigenvalue weighted by atomic mass is 16.6. The van der Waals surface area contributed by atoms with Crippen LogP contribution in [0.15, 0.2) is 109 Å². The molecule has 5 nitrogen and oxygen atoms in total. The number of carbonyl (C=O) groups excluding carboxylic acids is 2. The zero-order chi connectivity index (χ0) is 47.7. The smallest absolute Gasteiger partial charge is 0.306 e. The minimum Gasteiger partial charge on any atom is -0.462 e. The van der Waals surface area contributed by atoms with E-state index >= 15 is 0 Å². The molecule has 0 saturated carbocycles. The van der Waals surface area contributed by atoms with Crippen molar-refractivity contribution in [1.82, 2.24) is 0 Å². The quantitative estimate of drug-likeness (QED) is 0.0346. The van der Waals surface area contributed by atoms with Gasteiger partial charge in [-0.2, -0.15) is 0 Å². The molecule has 5 heteroatoms. The fourth-order valence-electron chi connectivity index (χ4n) is 7.29. The molecule has 0 spiro atoms. The topological polar surface area (TPSA) is 61.8 Å². The number of esters is 2. The Morgan fingerprint density at radius 2 is 0.682 bits per heavy atom. The standard InChI is InChI=1S/C61H102O5/c1-4-7-10-13-16-19-22-25-28-30-32-35-38-41-44-47-50-53-56-64-57-59(66-61(63)55-52-49-46-43-40-37-33-27-24-21-18-15-12-9-6-3)58-65-60(62)54-51-48-45-42-39-36-34-31-29-26-23-20-17-14-11-8-5-2/h7,9-10,12,16,18-19,21,25,27-28,32-33,35,40-41,43-44,59H,4-6,8,11,13-15,17,20,22-24,26,29-31,34,36-39,42,45-58H2,1-3H3/b10-7-,12-9-,19-16-,21-18-,28-25-,33-27-,35-32-,43-40-,44-41-. The molecular formula is C61H102O5. The molecule has 0 fully saturated rings. The summed E-state index contributed by atoms with van der Waals surface area (Å²) in [4.78, 5) is 25.5. The van der Waals surface area contributed by atoms with E-state index in [1.54, 1.807) is 0 Å². The fourth-order valence-corrected chi connectivity index (χ4v) is 7.29. The third-order valence-electron chi connectivity index (χ3n) is 11.3. The largest absolute Gasteiger partial charge is 0.462 e. The molecule has 0 saturated heterocycles. The molecule has 0 radical (unpaired) electrons. The van der Waals surface area contributed by atoms with Crippen LogP contribution in [0.25, 0.3) is 0 Å². The Hall–Kier alpha value is -3.44. The summed E-state index contributed by atoms with van der Waals surface area (Å²) < 4.78 is 17.4. The van der Waals surface area contributed by atoms with Crippen molar-refractivity contribution in [2.75, 3.05) is 19.8 Å². The van der Waals surface area contributed by atoms with E-state index in [1.165, 1.54) is 96.3 Å². The first kappa shape index (κ1) is 62.6. The van der Waals surface area contributed by atoms with Crippen LogP contribution in [-0.4, -0.2) is 37.9 Å². The molecule has 0 bridgehead atoms. The van der Waals surface area contributed by atoms with Gasteiger partial charge in [-0.05, 0) is 103 Å². The highest BCUT2D eigenvalue weighted by molar-refractivity contribution is 5.70. The van der Waals surface area contributed by atoms with E-state index in [1.807, 2.05) is 0 Å². The first-order valence-electron chi connectivity index (χ1n) is 27.4. The molecule has 0 amide bonds. The lowest BCUT2D eigenvalue weighted by atomic mass is 10.0. The van der Waals surface area contributed by atoms with Crippen LogP contribution in [0.3, 0.4) is 0 Å². The van der Waals surface area contributed by atoms with Gasteiger partial charge in [-0.25, -0.2) is 0 Å². The van der Waals surface area contributed by atoms with Crippen LogP contribution in [0.2, 0.25) is 0 Å². The van der Waals surface area contributed by atoms with Gasteiger partial charge < -0.3 is 14.2 Å². The van der Waals surface area contributed by atoms with Gasteiger partial charge >= 0.3 is 11.9 Å². The van der Waals surface area contributed by atoms with Crippen LogP contribution >= 0.6 is 0 Å². The summed E-state index contributed by atoms with van der Waals surface area (Å²) in [6, 6.07) is 0. The molecule has 0 N–H and O–H groups in total. The van der Waals surface area contributed by atoms with Crippen LogP contribution in [-0.2, 0) is 23.8 Å². The summed E-state index contributed by atoms with van der Waals surface area (Å²) in [5.74, 6) is -0.469. The molecule has 1 unspecified atom stereocenters. The predicted octanol–water partition coefficient (Wildman–Crippen LogP) is 18.8. The van der Waals surface area contributed by atoms with Crippen molar-refractivity contribution in [3.8, 4) is 0 Å². The number of unbranched alkanes of at least 4 members (excludes halogenated alkanes) is 20. The second-order valence-corrected chi connectivity index (χ2v) is 17.7. The summed E-state index contributed by atoms with van der Waals surface area (Å²) in [6.07, 6.45) is 76.9. The van der Waals surface area contributed by atoms with Crippen LogP contribution < -0.4 is 0 Å². The number of ether oxygens (including phenoxy) is 3. The third kappa shape index (κ3) is 53.2. The van der Waals surface area contributed by atoms with E-state index < -0.39 is 6.10 Å². The van der Waals surface area contributed by atoms with Gasteiger partial charge in [-0.1, -0.05) is 233 Å². The van der Waals surface area contributed by atoms with Gasteiger partial charge in [0, 0.05) is 19.4 Å². The molecular weight excluding hydrogens is 813 g/mol. The highest BCUT2D eigenvalue weighted by Crippen LogP contribution is 2.15. The van der Waals surface area contributed by atoms with Crippen LogP contribution in [0, 0.1) is 0 Å². The average Bonchev–Trinajstić information content (AvgIpc) is 3.32. The molecule has 1 atom stereocenters. The van der Waals surface area contributed by atoms with Crippen molar-refractivity contribution in [1.29, 1.82) is 0 Å². The molecule has 0 aliphatic carbocycles. The average molecular weight is 915 g/mol. The fraction of sp³-hybridized carbons (Fsp3) is 0.672. The molecule has 0 aromatic heterocycles. The van der Waals surface area contributed by atoms with Gasteiger partial charge in [0.2, 0.25) is 0 Å². The Bertz CT molecular complexity index is 1310. The number of rotatable bonds is 49. The van der Waals surface area contributed by atoms with Crippen molar-refractivity contribution in [2.45, 2.75) is 245 Å². The molecule has 0 aromatic rings. The lowest BCUT2D eigenvalue weighted by Gasteiger charge is -2.18. The van der Waals surface area contributed by atoms with E-state index in [2.05, 4.69) is 130 Å². The first-order valence-corrected chi connectivity index (χ1v) is 27.4. The Labute approximate surface area is 408 Å². The van der Waals surface area contributed by atoms with E-state index in [4.69, 9.17) is 14.2 Å². The highest BCUT2D eigenvalue weighted by Gasteiger charge is 2.17. The summed E-state index contributed by atoms with van der Waals surface area (Å²) in [5.41, 5.74) is 0. The van der Waals surface area contributed by atoms with Gasteiger partial charge in [-0.3, -0.25) is 9.59 Å². The minimum absolute atomic E-state index is 0.0471. The monoisotopic (exact) mass is 915 g/mol. The number of allylic oxidation sites excluding steroid dienone is 18. The van der Waals surface area contributed by atoms with Gasteiger partial charge in [0.15, 0.2) is 6.10 Å². The Morgan fingerprint density at radius 3 is 1.09 bits per heavy atom. The van der Waals surface area contributed by atoms with Gasteiger partial charge in [0.25, 0.3) is 0 Å². The SMILES string of the molecule is CC/C=C\C/C=C\C/C=C\C/C=C\C/C=C\CCCCOCC(COC(=O)CCCCCCCCCCCCCCCCCCC)OC(=O)CCCC/C=C\C/C=C\C/C=C\C/C=C\CC. The number of hydrogen-bond acceptors (Lipinski definition) is 5.